The van der Waals surface area contributed by atoms with Crippen LogP contribution < -0.4 is 10.5 Å². The summed E-state index contributed by atoms with van der Waals surface area (Å²) in [5, 5.41) is 9.76. The number of methoxy groups -OCH3 is 1. The van der Waals surface area contributed by atoms with Crippen LogP contribution in [-0.2, 0) is 6.42 Å². The second-order valence-electron chi connectivity index (χ2n) is 3.29. The molecule has 1 atom stereocenters. The van der Waals surface area contributed by atoms with Crippen molar-refractivity contribution < 1.29 is 9.84 Å². The highest BCUT2D eigenvalue weighted by atomic mass is 79.9. The lowest BCUT2D eigenvalue weighted by Crippen LogP contribution is -2.13. The number of aliphatic hydroxyl groups is 1. The van der Waals surface area contributed by atoms with Gasteiger partial charge in [-0.05, 0) is 24.1 Å². The maximum atomic E-state index is 9.76. The molecule has 0 aliphatic heterocycles. The van der Waals surface area contributed by atoms with Gasteiger partial charge in [0.1, 0.15) is 5.75 Å². The van der Waals surface area contributed by atoms with E-state index in [-0.39, 0.29) is 6.54 Å². The topological polar surface area (TPSA) is 55.5 Å². The number of halogens is 1. The summed E-state index contributed by atoms with van der Waals surface area (Å²) in [6.45, 7) is 2.23. The number of ether oxygens (including phenoxy) is 1. The van der Waals surface area contributed by atoms with Crippen LogP contribution in [0.25, 0.3) is 0 Å². The van der Waals surface area contributed by atoms with Gasteiger partial charge in [-0.15, -0.1) is 0 Å². The average Bonchev–Trinajstić information content (AvgIpc) is 2.26. The zero-order valence-corrected chi connectivity index (χ0v) is 10.5. The van der Waals surface area contributed by atoms with Gasteiger partial charge < -0.3 is 15.6 Å². The smallest absolute Gasteiger partial charge is 0.127 e. The Balaban J connectivity index is 3.28. The fourth-order valence-electron chi connectivity index (χ4n) is 1.56. The predicted octanol–water partition coefficient (Wildman–Crippen LogP) is 2.01. The fourth-order valence-corrected chi connectivity index (χ4v) is 2.08. The minimum absolute atomic E-state index is 0.190. The van der Waals surface area contributed by atoms with Gasteiger partial charge in [0.25, 0.3) is 0 Å². The molecule has 0 heterocycles. The summed E-state index contributed by atoms with van der Waals surface area (Å²) < 4.78 is 6.24. The molecule has 0 aliphatic rings. The molecule has 1 unspecified atom stereocenters. The van der Waals surface area contributed by atoms with E-state index < -0.39 is 6.10 Å². The van der Waals surface area contributed by atoms with Gasteiger partial charge in [0.2, 0.25) is 0 Å². The number of aliphatic hydroxyl groups excluding tert-OH is 1. The van der Waals surface area contributed by atoms with Gasteiger partial charge in [0, 0.05) is 16.6 Å². The molecule has 1 rings (SSSR count). The Bertz CT molecular complexity index is 342. The number of hydrogen-bond donors (Lipinski definition) is 2. The molecule has 0 amide bonds. The van der Waals surface area contributed by atoms with E-state index in [4.69, 9.17) is 10.5 Å². The molecular formula is C11H16BrNO2. The van der Waals surface area contributed by atoms with Crippen LogP contribution in [0.2, 0.25) is 0 Å². The Morgan fingerprint density at radius 2 is 2.20 bits per heavy atom. The third kappa shape index (κ3) is 2.71. The zero-order valence-electron chi connectivity index (χ0n) is 8.96. The lowest BCUT2D eigenvalue weighted by molar-refractivity contribution is 0.182. The molecule has 0 spiro atoms. The third-order valence-corrected chi connectivity index (χ3v) is 2.78. The van der Waals surface area contributed by atoms with Crippen LogP contribution in [0.4, 0.5) is 0 Å². The molecule has 3 N–H and O–H groups in total. The molecular weight excluding hydrogens is 258 g/mol. The lowest BCUT2D eigenvalue weighted by Gasteiger charge is -2.16. The van der Waals surface area contributed by atoms with Gasteiger partial charge >= 0.3 is 0 Å². The van der Waals surface area contributed by atoms with Crippen molar-refractivity contribution in [1.82, 2.24) is 0 Å². The Morgan fingerprint density at radius 3 is 2.67 bits per heavy atom. The molecule has 84 valence electrons. The lowest BCUT2D eigenvalue weighted by atomic mass is 10.0. The first-order valence-electron chi connectivity index (χ1n) is 4.88. The largest absolute Gasteiger partial charge is 0.496 e. The molecule has 0 aliphatic carbocycles. The maximum Gasteiger partial charge on any atom is 0.127 e. The van der Waals surface area contributed by atoms with Gasteiger partial charge in [0.15, 0.2) is 0 Å². The van der Waals surface area contributed by atoms with Crippen LogP contribution in [0.1, 0.15) is 24.2 Å². The van der Waals surface area contributed by atoms with Crippen molar-refractivity contribution in [3.05, 3.63) is 27.7 Å². The summed E-state index contributed by atoms with van der Waals surface area (Å²) in [6.07, 6.45) is 0.176. The van der Waals surface area contributed by atoms with Gasteiger partial charge in [-0.2, -0.15) is 0 Å². The SMILES string of the molecule is CCc1cc(Br)cc(C(O)CN)c1OC. The van der Waals surface area contributed by atoms with E-state index in [1.54, 1.807) is 7.11 Å². The predicted molar refractivity (Wildman–Crippen MR) is 64.1 cm³/mol. The molecule has 0 bridgehead atoms. The molecule has 0 fully saturated rings. The zero-order chi connectivity index (χ0) is 11.4. The van der Waals surface area contributed by atoms with Gasteiger partial charge in [0.05, 0.1) is 13.2 Å². The monoisotopic (exact) mass is 273 g/mol. The molecule has 0 saturated heterocycles. The van der Waals surface area contributed by atoms with E-state index in [0.717, 1.165) is 27.8 Å². The van der Waals surface area contributed by atoms with Crippen LogP contribution in [0, 0.1) is 0 Å². The number of benzene rings is 1. The first-order chi connectivity index (χ1) is 7.13. The van der Waals surface area contributed by atoms with Crippen molar-refractivity contribution in [3.63, 3.8) is 0 Å². The minimum Gasteiger partial charge on any atom is -0.496 e. The Morgan fingerprint density at radius 1 is 1.53 bits per heavy atom. The summed E-state index contributed by atoms with van der Waals surface area (Å²) in [6, 6.07) is 3.83. The van der Waals surface area contributed by atoms with Gasteiger partial charge in [-0.25, -0.2) is 0 Å². The highest BCUT2D eigenvalue weighted by Crippen LogP contribution is 2.32. The molecule has 4 heteroatoms. The third-order valence-electron chi connectivity index (χ3n) is 2.33. The van der Waals surface area contributed by atoms with Crippen molar-refractivity contribution in [3.8, 4) is 5.75 Å². The molecule has 3 nitrogen and oxygen atoms in total. The van der Waals surface area contributed by atoms with Crippen LogP contribution >= 0.6 is 15.9 Å². The van der Waals surface area contributed by atoms with Crippen molar-refractivity contribution >= 4 is 15.9 Å². The number of hydrogen-bond acceptors (Lipinski definition) is 3. The van der Waals surface area contributed by atoms with Crippen LogP contribution in [0.15, 0.2) is 16.6 Å². The summed E-state index contributed by atoms with van der Waals surface area (Å²) in [5.41, 5.74) is 7.25. The van der Waals surface area contributed by atoms with E-state index in [2.05, 4.69) is 15.9 Å². The van der Waals surface area contributed by atoms with E-state index in [0.29, 0.717) is 0 Å². The van der Waals surface area contributed by atoms with Gasteiger partial charge in [-0.3, -0.25) is 0 Å². The van der Waals surface area contributed by atoms with E-state index in [1.165, 1.54) is 0 Å². The Hall–Kier alpha value is -0.580. The summed E-state index contributed by atoms with van der Waals surface area (Å²) in [5.74, 6) is 0.735. The fraction of sp³-hybridized carbons (Fsp3) is 0.455. The molecule has 0 saturated carbocycles. The summed E-state index contributed by atoms with van der Waals surface area (Å²) >= 11 is 3.41. The number of nitrogens with two attached hydrogens (primary N) is 1. The molecule has 15 heavy (non-hydrogen) atoms. The first kappa shape index (κ1) is 12.5. The van der Waals surface area contributed by atoms with Crippen LogP contribution in [-0.4, -0.2) is 18.8 Å². The average molecular weight is 274 g/mol. The highest BCUT2D eigenvalue weighted by molar-refractivity contribution is 9.10. The maximum absolute atomic E-state index is 9.76. The second kappa shape index (κ2) is 5.49. The highest BCUT2D eigenvalue weighted by Gasteiger charge is 2.15. The second-order valence-corrected chi connectivity index (χ2v) is 4.21. The summed E-state index contributed by atoms with van der Waals surface area (Å²) in [7, 11) is 1.61. The van der Waals surface area contributed by atoms with E-state index in [9.17, 15) is 5.11 Å². The van der Waals surface area contributed by atoms with Crippen molar-refractivity contribution in [2.45, 2.75) is 19.4 Å². The van der Waals surface area contributed by atoms with Crippen molar-refractivity contribution in [2.24, 2.45) is 5.73 Å². The van der Waals surface area contributed by atoms with Crippen molar-refractivity contribution in [1.29, 1.82) is 0 Å². The van der Waals surface area contributed by atoms with Crippen LogP contribution in [0.5, 0.6) is 5.75 Å². The number of rotatable bonds is 4. The van der Waals surface area contributed by atoms with Crippen molar-refractivity contribution in [2.75, 3.05) is 13.7 Å². The Kier molecular flexibility index (Phi) is 4.57. The molecule has 1 aromatic rings. The molecule has 0 radical (unpaired) electrons. The minimum atomic E-state index is -0.678. The molecule has 1 aromatic carbocycles. The van der Waals surface area contributed by atoms with E-state index >= 15 is 0 Å². The number of aryl methyl sites for hydroxylation is 1. The van der Waals surface area contributed by atoms with E-state index in [1.807, 2.05) is 19.1 Å². The molecule has 0 aromatic heterocycles. The Labute approximate surface area is 98.4 Å². The normalized spacial score (nSPS) is 12.6. The van der Waals surface area contributed by atoms with Gasteiger partial charge in [-0.1, -0.05) is 22.9 Å². The first-order valence-corrected chi connectivity index (χ1v) is 5.67. The quantitative estimate of drug-likeness (QED) is 0.883. The summed E-state index contributed by atoms with van der Waals surface area (Å²) in [4.78, 5) is 0. The standard InChI is InChI=1S/C11H16BrNO2/c1-3-7-4-8(12)5-9(10(14)6-13)11(7)15-2/h4-5,10,14H,3,6,13H2,1-2H3. The van der Waals surface area contributed by atoms with Crippen LogP contribution in [0.3, 0.4) is 0 Å².